The van der Waals surface area contributed by atoms with Crippen LogP contribution in [0.1, 0.15) is 25.7 Å². The predicted octanol–water partition coefficient (Wildman–Crippen LogP) is 0.472. The molecule has 0 radical (unpaired) electrons. The van der Waals surface area contributed by atoms with Gasteiger partial charge in [-0.2, -0.15) is 0 Å². The Bertz CT molecular complexity index is 251. The van der Waals surface area contributed by atoms with Crippen LogP contribution in [-0.4, -0.2) is 34.5 Å². The second kappa shape index (κ2) is 3.01. The monoisotopic (exact) mass is 183 g/mol. The van der Waals surface area contributed by atoms with Gasteiger partial charge < -0.3 is 10.0 Å². The van der Waals surface area contributed by atoms with Gasteiger partial charge in [-0.1, -0.05) is 0 Å². The number of hydrogen-bond donors (Lipinski definition) is 1. The first-order valence-corrected chi connectivity index (χ1v) is 4.72. The Morgan fingerprint density at radius 1 is 1.46 bits per heavy atom. The van der Waals surface area contributed by atoms with Crippen LogP contribution in [0.25, 0.3) is 0 Å². The van der Waals surface area contributed by atoms with Crippen molar-refractivity contribution in [2.75, 3.05) is 6.54 Å². The van der Waals surface area contributed by atoms with E-state index in [-0.39, 0.29) is 18.4 Å². The molecule has 72 valence electrons. The molecule has 0 spiro atoms. The van der Waals surface area contributed by atoms with E-state index in [1.54, 1.807) is 4.90 Å². The minimum atomic E-state index is -0.817. The maximum Gasteiger partial charge on any atom is 0.309 e. The number of hydrogen-bond acceptors (Lipinski definition) is 2. The molecule has 2 fully saturated rings. The van der Waals surface area contributed by atoms with Crippen molar-refractivity contribution in [2.24, 2.45) is 5.92 Å². The zero-order chi connectivity index (χ0) is 9.42. The minimum absolute atomic E-state index is 0.0150. The van der Waals surface area contributed by atoms with Crippen LogP contribution in [0.5, 0.6) is 0 Å². The van der Waals surface area contributed by atoms with Crippen LogP contribution in [0.3, 0.4) is 0 Å². The molecular weight excluding hydrogens is 170 g/mol. The zero-order valence-electron chi connectivity index (χ0n) is 7.40. The summed E-state index contributed by atoms with van der Waals surface area (Å²) in [6.45, 7) is 0.757. The summed E-state index contributed by atoms with van der Waals surface area (Å²) in [6.07, 6.45) is 3.15. The summed E-state index contributed by atoms with van der Waals surface area (Å²) in [6, 6.07) is -0.0150. The summed E-state index contributed by atoms with van der Waals surface area (Å²) in [5, 5.41) is 8.89. The van der Waals surface area contributed by atoms with E-state index in [2.05, 4.69) is 0 Å². The van der Waals surface area contributed by atoms with Crippen LogP contribution in [0.4, 0.5) is 0 Å². The van der Waals surface area contributed by atoms with Gasteiger partial charge in [-0.3, -0.25) is 9.59 Å². The SMILES string of the molecule is O=C(O)C1CC(=O)N2CCCCC12. The molecule has 1 N–H and O–H groups in total. The number of carbonyl (C=O) groups is 2. The molecule has 4 heteroatoms. The van der Waals surface area contributed by atoms with Crippen LogP contribution >= 0.6 is 0 Å². The number of rotatable bonds is 1. The highest BCUT2D eigenvalue weighted by molar-refractivity contribution is 5.87. The summed E-state index contributed by atoms with van der Waals surface area (Å²) >= 11 is 0. The number of amides is 1. The Kier molecular flexibility index (Phi) is 1.98. The molecule has 2 rings (SSSR count). The maximum absolute atomic E-state index is 11.4. The Balaban J connectivity index is 2.17. The minimum Gasteiger partial charge on any atom is -0.481 e. The van der Waals surface area contributed by atoms with Crippen molar-refractivity contribution in [2.45, 2.75) is 31.7 Å². The Labute approximate surface area is 76.5 Å². The fourth-order valence-corrected chi connectivity index (χ4v) is 2.38. The number of aliphatic carboxylic acids is 1. The van der Waals surface area contributed by atoms with Crippen LogP contribution in [0, 0.1) is 5.92 Å². The largest absolute Gasteiger partial charge is 0.481 e. The molecule has 13 heavy (non-hydrogen) atoms. The Morgan fingerprint density at radius 3 is 2.92 bits per heavy atom. The van der Waals surface area contributed by atoms with Gasteiger partial charge in [-0.15, -0.1) is 0 Å². The van der Waals surface area contributed by atoms with Gasteiger partial charge in [-0.25, -0.2) is 0 Å². The van der Waals surface area contributed by atoms with Crippen molar-refractivity contribution in [3.05, 3.63) is 0 Å². The first kappa shape index (κ1) is 8.53. The molecule has 0 saturated carbocycles. The van der Waals surface area contributed by atoms with Gasteiger partial charge >= 0.3 is 5.97 Å². The van der Waals surface area contributed by atoms with Crippen molar-refractivity contribution in [3.63, 3.8) is 0 Å². The third kappa shape index (κ3) is 1.30. The molecule has 1 amide bonds. The molecule has 2 atom stereocenters. The van der Waals surface area contributed by atoms with E-state index in [1.165, 1.54) is 0 Å². The normalized spacial score (nSPS) is 33.2. The number of carboxylic acids is 1. The highest BCUT2D eigenvalue weighted by Gasteiger charge is 2.44. The van der Waals surface area contributed by atoms with Gasteiger partial charge in [0.25, 0.3) is 0 Å². The van der Waals surface area contributed by atoms with Gasteiger partial charge in [0.05, 0.1) is 5.92 Å². The highest BCUT2D eigenvalue weighted by atomic mass is 16.4. The fourth-order valence-electron chi connectivity index (χ4n) is 2.38. The van der Waals surface area contributed by atoms with Gasteiger partial charge in [0, 0.05) is 19.0 Å². The lowest BCUT2D eigenvalue weighted by molar-refractivity contribution is -0.142. The lowest BCUT2D eigenvalue weighted by Crippen LogP contribution is -2.40. The van der Waals surface area contributed by atoms with Crippen molar-refractivity contribution in [1.29, 1.82) is 0 Å². The molecule has 2 aliphatic heterocycles. The van der Waals surface area contributed by atoms with E-state index in [1.807, 2.05) is 0 Å². The standard InChI is InChI=1S/C9H13NO3/c11-8-5-6(9(12)13)7-3-1-2-4-10(7)8/h6-7H,1-5H2,(H,12,13). The Morgan fingerprint density at radius 2 is 2.23 bits per heavy atom. The molecule has 0 aromatic heterocycles. The molecule has 4 nitrogen and oxygen atoms in total. The first-order valence-electron chi connectivity index (χ1n) is 4.72. The van der Waals surface area contributed by atoms with Gasteiger partial charge in [0.2, 0.25) is 5.91 Å². The van der Waals surface area contributed by atoms with E-state index in [9.17, 15) is 9.59 Å². The van der Waals surface area contributed by atoms with E-state index in [0.29, 0.717) is 0 Å². The lowest BCUT2D eigenvalue weighted by Gasteiger charge is -2.31. The number of carbonyl (C=O) groups excluding carboxylic acids is 1. The van der Waals surface area contributed by atoms with Crippen LogP contribution in [-0.2, 0) is 9.59 Å². The number of carboxylic acid groups (broad SMARTS) is 1. The smallest absolute Gasteiger partial charge is 0.309 e. The second-order valence-corrected chi connectivity index (χ2v) is 3.80. The second-order valence-electron chi connectivity index (χ2n) is 3.80. The summed E-state index contributed by atoms with van der Waals surface area (Å²) in [4.78, 5) is 24.0. The lowest BCUT2D eigenvalue weighted by atomic mass is 9.93. The van der Waals surface area contributed by atoms with E-state index in [4.69, 9.17) is 5.11 Å². The molecular formula is C9H13NO3. The molecule has 2 aliphatic rings. The van der Waals surface area contributed by atoms with E-state index >= 15 is 0 Å². The number of fused-ring (bicyclic) bond motifs is 1. The molecule has 0 aliphatic carbocycles. The average molecular weight is 183 g/mol. The maximum atomic E-state index is 11.4. The van der Waals surface area contributed by atoms with Crippen LogP contribution in [0.15, 0.2) is 0 Å². The number of nitrogens with zero attached hydrogens (tertiary/aromatic N) is 1. The molecule has 2 heterocycles. The third-order valence-corrected chi connectivity index (χ3v) is 3.05. The fraction of sp³-hybridized carbons (Fsp3) is 0.778. The molecule has 0 bridgehead atoms. The summed E-state index contributed by atoms with van der Waals surface area (Å²) in [5.74, 6) is -1.24. The zero-order valence-corrected chi connectivity index (χ0v) is 7.40. The Hall–Kier alpha value is -1.06. The average Bonchev–Trinajstić information content (AvgIpc) is 2.45. The number of piperidine rings is 1. The van der Waals surface area contributed by atoms with Gasteiger partial charge in [-0.05, 0) is 19.3 Å². The van der Waals surface area contributed by atoms with Crippen molar-refractivity contribution < 1.29 is 14.7 Å². The summed E-state index contributed by atoms with van der Waals surface area (Å²) < 4.78 is 0. The van der Waals surface area contributed by atoms with Crippen molar-refractivity contribution >= 4 is 11.9 Å². The molecule has 0 aromatic rings. The van der Waals surface area contributed by atoms with E-state index < -0.39 is 11.9 Å². The topological polar surface area (TPSA) is 57.6 Å². The molecule has 2 unspecified atom stereocenters. The predicted molar refractivity (Wildman–Crippen MR) is 45.1 cm³/mol. The third-order valence-electron chi connectivity index (χ3n) is 3.05. The summed E-state index contributed by atoms with van der Waals surface area (Å²) in [7, 11) is 0. The molecule has 0 aromatic carbocycles. The van der Waals surface area contributed by atoms with Crippen molar-refractivity contribution in [1.82, 2.24) is 4.90 Å². The molecule has 2 saturated heterocycles. The van der Waals surface area contributed by atoms with Crippen LogP contribution < -0.4 is 0 Å². The van der Waals surface area contributed by atoms with Crippen molar-refractivity contribution in [3.8, 4) is 0 Å². The quantitative estimate of drug-likeness (QED) is 0.643. The van der Waals surface area contributed by atoms with Gasteiger partial charge in [0.1, 0.15) is 0 Å². The van der Waals surface area contributed by atoms with Gasteiger partial charge in [0.15, 0.2) is 0 Å². The highest BCUT2D eigenvalue weighted by Crippen LogP contribution is 2.32. The van der Waals surface area contributed by atoms with Crippen LogP contribution in [0.2, 0.25) is 0 Å². The summed E-state index contributed by atoms with van der Waals surface area (Å²) in [5.41, 5.74) is 0. The van der Waals surface area contributed by atoms with E-state index in [0.717, 1.165) is 25.8 Å². The first-order chi connectivity index (χ1) is 6.20.